The van der Waals surface area contributed by atoms with E-state index >= 15 is 0 Å². The molecular formula is C14H18ClFO. The zero-order valence-corrected chi connectivity index (χ0v) is 10.6. The summed E-state index contributed by atoms with van der Waals surface area (Å²) in [6.45, 7) is 0. The van der Waals surface area contributed by atoms with Crippen molar-refractivity contribution in [1.82, 2.24) is 0 Å². The van der Waals surface area contributed by atoms with Gasteiger partial charge >= 0.3 is 0 Å². The van der Waals surface area contributed by atoms with Gasteiger partial charge in [0, 0.05) is 10.6 Å². The maximum Gasteiger partial charge on any atom is 0.123 e. The molecule has 0 saturated heterocycles. The van der Waals surface area contributed by atoms with Gasteiger partial charge in [0.1, 0.15) is 5.82 Å². The third-order valence-corrected chi connectivity index (χ3v) is 3.97. The van der Waals surface area contributed by atoms with E-state index in [1.54, 1.807) is 0 Å². The Labute approximate surface area is 107 Å². The van der Waals surface area contributed by atoms with Gasteiger partial charge in [0.05, 0.1) is 6.10 Å². The second-order valence-electron chi connectivity index (χ2n) is 4.86. The Morgan fingerprint density at radius 2 is 1.82 bits per heavy atom. The van der Waals surface area contributed by atoms with E-state index in [-0.39, 0.29) is 11.7 Å². The van der Waals surface area contributed by atoms with Crippen LogP contribution < -0.4 is 0 Å². The summed E-state index contributed by atoms with van der Waals surface area (Å²) in [7, 11) is 0. The lowest BCUT2D eigenvalue weighted by atomic mass is 9.89. The van der Waals surface area contributed by atoms with Gasteiger partial charge in [0.2, 0.25) is 0 Å². The molecule has 1 unspecified atom stereocenters. The molecule has 0 radical (unpaired) electrons. The lowest BCUT2D eigenvalue weighted by Crippen LogP contribution is -2.12. The van der Waals surface area contributed by atoms with E-state index in [9.17, 15) is 9.50 Å². The largest absolute Gasteiger partial charge is 0.388 e. The van der Waals surface area contributed by atoms with Crippen LogP contribution >= 0.6 is 11.6 Å². The maximum absolute atomic E-state index is 13.2. The lowest BCUT2D eigenvalue weighted by molar-refractivity contribution is 0.0986. The van der Waals surface area contributed by atoms with Gasteiger partial charge in [-0.3, -0.25) is 0 Å². The van der Waals surface area contributed by atoms with Gasteiger partial charge in [-0.2, -0.15) is 0 Å². The van der Waals surface area contributed by atoms with Crippen LogP contribution in [0.2, 0.25) is 5.02 Å². The van der Waals surface area contributed by atoms with Gasteiger partial charge in [-0.1, -0.05) is 37.3 Å². The topological polar surface area (TPSA) is 20.2 Å². The summed E-state index contributed by atoms with van der Waals surface area (Å²) in [4.78, 5) is 0. The van der Waals surface area contributed by atoms with Crippen molar-refractivity contribution in [1.29, 1.82) is 0 Å². The SMILES string of the molecule is OC(c1cc(F)ccc1Cl)C1CCCCCC1. The number of rotatable bonds is 2. The molecular weight excluding hydrogens is 239 g/mol. The molecule has 1 nitrogen and oxygen atoms in total. The summed E-state index contributed by atoms with van der Waals surface area (Å²) in [5.74, 6) is -0.117. The minimum atomic E-state index is -0.628. The predicted molar refractivity (Wildman–Crippen MR) is 67.6 cm³/mol. The number of aliphatic hydroxyl groups is 1. The van der Waals surface area contributed by atoms with Crippen LogP contribution in [0.1, 0.15) is 50.2 Å². The first-order valence-electron chi connectivity index (χ1n) is 6.31. The smallest absolute Gasteiger partial charge is 0.123 e. The van der Waals surface area contributed by atoms with Crippen molar-refractivity contribution in [2.24, 2.45) is 5.92 Å². The zero-order valence-electron chi connectivity index (χ0n) is 9.83. The van der Waals surface area contributed by atoms with Gasteiger partial charge in [0.25, 0.3) is 0 Å². The van der Waals surface area contributed by atoms with Crippen LogP contribution in [0.3, 0.4) is 0 Å². The zero-order chi connectivity index (χ0) is 12.3. The first-order valence-corrected chi connectivity index (χ1v) is 6.69. The Morgan fingerprint density at radius 1 is 1.18 bits per heavy atom. The average Bonchev–Trinajstić information content (AvgIpc) is 2.60. The molecule has 3 heteroatoms. The molecule has 1 aromatic rings. The summed E-state index contributed by atoms with van der Waals surface area (Å²) >= 11 is 6.02. The number of halogens is 2. The second kappa shape index (κ2) is 5.83. The minimum Gasteiger partial charge on any atom is -0.388 e. The van der Waals surface area contributed by atoms with Crippen molar-refractivity contribution in [2.45, 2.75) is 44.6 Å². The summed E-state index contributed by atoms with van der Waals surface area (Å²) in [5.41, 5.74) is 0.540. The lowest BCUT2D eigenvalue weighted by Gasteiger charge is -2.22. The fourth-order valence-corrected chi connectivity index (χ4v) is 2.85. The van der Waals surface area contributed by atoms with Crippen molar-refractivity contribution in [3.8, 4) is 0 Å². The Hall–Kier alpha value is -0.600. The second-order valence-corrected chi connectivity index (χ2v) is 5.27. The molecule has 1 N–H and O–H groups in total. The molecule has 1 aliphatic rings. The molecule has 17 heavy (non-hydrogen) atoms. The molecule has 0 heterocycles. The van der Waals surface area contributed by atoms with E-state index in [2.05, 4.69) is 0 Å². The highest BCUT2D eigenvalue weighted by atomic mass is 35.5. The maximum atomic E-state index is 13.2. The summed E-state index contributed by atoms with van der Waals surface area (Å²) in [6, 6.07) is 4.20. The van der Waals surface area contributed by atoms with E-state index in [0.717, 1.165) is 25.7 Å². The Morgan fingerprint density at radius 3 is 2.47 bits per heavy atom. The van der Waals surface area contributed by atoms with Crippen molar-refractivity contribution < 1.29 is 9.50 Å². The predicted octanol–water partition coefficient (Wildman–Crippen LogP) is 4.48. The molecule has 0 bridgehead atoms. The van der Waals surface area contributed by atoms with Crippen molar-refractivity contribution in [3.05, 3.63) is 34.6 Å². The molecule has 1 fully saturated rings. The van der Waals surface area contributed by atoms with E-state index in [4.69, 9.17) is 11.6 Å². The molecule has 0 aliphatic heterocycles. The minimum absolute atomic E-state index is 0.219. The first kappa shape index (κ1) is 12.8. The Bertz CT molecular complexity index is 372. The first-order chi connectivity index (χ1) is 8.18. The fraction of sp³-hybridized carbons (Fsp3) is 0.571. The van der Waals surface area contributed by atoms with Crippen LogP contribution in [0.15, 0.2) is 18.2 Å². The van der Waals surface area contributed by atoms with Crippen LogP contribution in [0.5, 0.6) is 0 Å². The normalized spacial score (nSPS) is 19.9. The standard InChI is InChI=1S/C14H18ClFO/c15-13-8-7-11(16)9-12(13)14(17)10-5-3-1-2-4-6-10/h7-10,14,17H,1-6H2. The highest BCUT2D eigenvalue weighted by Gasteiger charge is 2.24. The fourth-order valence-electron chi connectivity index (χ4n) is 2.62. The average molecular weight is 257 g/mol. The van der Waals surface area contributed by atoms with E-state index in [1.807, 2.05) is 0 Å². The third-order valence-electron chi connectivity index (χ3n) is 3.62. The Kier molecular flexibility index (Phi) is 4.41. The number of aliphatic hydroxyl groups excluding tert-OH is 1. The summed E-state index contributed by atoms with van der Waals surface area (Å²) in [6.07, 6.45) is 6.15. The molecule has 1 atom stereocenters. The Balaban J connectivity index is 2.16. The van der Waals surface area contributed by atoms with E-state index < -0.39 is 6.10 Å². The number of benzene rings is 1. The van der Waals surface area contributed by atoms with Crippen LogP contribution in [0, 0.1) is 11.7 Å². The van der Waals surface area contributed by atoms with Gasteiger partial charge < -0.3 is 5.11 Å². The van der Waals surface area contributed by atoms with Crippen molar-refractivity contribution in [2.75, 3.05) is 0 Å². The van der Waals surface area contributed by atoms with Gasteiger partial charge in [-0.15, -0.1) is 0 Å². The summed E-state index contributed by atoms with van der Waals surface area (Å²) < 4.78 is 13.2. The monoisotopic (exact) mass is 256 g/mol. The molecule has 1 saturated carbocycles. The third kappa shape index (κ3) is 3.20. The van der Waals surface area contributed by atoms with Crippen LogP contribution in [-0.4, -0.2) is 5.11 Å². The van der Waals surface area contributed by atoms with Crippen molar-refractivity contribution >= 4 is 11.6 Å². The molecule has 0 aromatic heterocycles. The number of hydrogen-bond acceptors (Lipinski definition) is 1. The quantitative estimate of drug-likeness (QED) is 0.774. The van der Waals surface area contributed by atoms with Crippen molar-refractivity contribution in [3.63, 3.8) is 0 Å². The highest BCUT2D eigenvalue weighted by molar-refractivity contribution is 6.31. The highest BCUT2D eigenvalue weighted by Crippen LogP contribution is 2.36. The molecule has 1 aliphatic carbocycles. The van der Waals surface area contributed by atoms with Gasteiger partial charge in [-0.05, 0) is 37.0 Å². The summed E-state index contributed by atoms with van der Waals surface area (Å²) in [5, 5.41) is 10.8. The molecule has 2 rings (SSSR count). The molecule has 94 valence electrons. The molecule has 0 amide bonds. The van der Waals surface area contributed by atoms with Crippen LogP contribution in [0.4, 0.5) is 4.39 Å². The van der Waals surface area contributed by atoms with Crippen LogP contribution in [0.25, 0.3) is 0 Å². The molecule has 0 spiro atoms. The van der Waals surface area contributed by atoms with Gasteiger partial charge in [-0.25, -0.2) is 4.39 Å². The van der Waals surface area contributed by atoms with Gasteiger partial charge in [0.15, 0.2) is 0 Å². The number of hydrogen-bond donors (Lipinski definition) is 1. The van der Waals surface area contributed by atoms with Crippen LogP contribution in [-0.2, 0) is 0 Å². The molecule has 1 aromatic carbocycles. The van der Waals surface area contributed by atoms with E-state index in [0.29, 0.717) is 10.6 Å². The van der Waals surface area contributed by atoms with E-state index in [1.165, 1.54) is 31.0 Å².